The standard InChI is InChI=1S/C27H31F4N3O3/c1-37-18-2-3-23-19(14-18)25(22(30)15-33-23)24(36)4-5-27(16-35)6-9-34(10-7-27)11-8-32-17-12-20(28)26(31)21(29)13-17/h2-3,12-15,24,32,35-36H,4-11,16H2,1H3/t24-/m0/s1. The molecule has 0 aliphatic carbocycles. The number of nitrogens with one attached hydrogen (secondary N) is 1. The molecule has 1 fully saturated rings. The van der Waals surface area contributed by atoms with Crippen LogP contribution in [0.1, 0.15) is 37.4 Å². The summed E-state index contributed by atoms with van der Waals surface area (Å²) in [5, 5.41) is 24.5. The number of aliphatic hydroxyl groups excluding tert-OH is 2. The van der Waals surface area contributed by atoms with Crippen LogP contribution >= 0.6 is 0 Å². The number of fused-ring (bicyclic) bond motifs is 1. The summed E-state index contributed by atoms with van der Waals surface area (Å²) in [6, 6.07) is 6.94. The Balaban J connectivity index is 1.32. The summed E-state index contributed by atoms with van der Waals surface area (Å²) in [4.78, 5) is 6.26. The van der Waals surface area contributed by atoms with Crippen molar-refractivity contribution in [3.05, 3.63) is 65.4 Å². The maximum absolute atomic E-state index is 14.7. The first-order valence-corrected chi connectivity index (χ1v) is 12.3. The first kappa shape index (κ1) is 27.1. The normalized spacial score (nSPS) is 16.6. The van der Waals surface area contributed by atoms with Crippen LogP contribution in [-0.2, 0) is 0 Å². The molecule has 6 nitrogen and oxygen atoms in total. The van der Waals surface area contributed by atoms with Gasteiger partial charge in [-0.1, -0.05) is 0 Å². The molecule has 3 aromatic rings. The first-order chi connectivity index (χ1) is 17.7. The van der Waals surface area contributed by atoms with Crippen LogP contribution in [0.3, 0.4) is 0 Å². The number of hydrogen-bond donors (Lipinski definition) is 3. The van der Waals surface area contributed by atoms with Gasteiger partial charge in [0.15, 0.2) is 17.5 Å². The van der Waals surface area contributed by atoms with Gasteiger partial charge in [0, 0.05) is 48.5 Å². The number of piperidine rings is 1. The zero-order chi connectivity index (χ0) is 26.6. The number of aliphatic hydroxyl groups is 2. The monoisotopic (exact) mass is 521 g/mol. The molecule has 1 aromatic heterocycles. The van der Waals surface area contributed by atoms with Crippen LogP contribution in [0.25, 0.3) is 10.9 Å². The molecule has 0 radical (unpaired) electrons. The van der Waals surface area contributed by atoms with Gasteiger partial charge in [0.25, 0.3) is 0 Å². The van der Waals surface area contributed by atoms with Crippen molar-refractivity contribution in [3.63, 3.8) is 0 Å². The molecule has 1 atom stereocenters. The van der Waals surface area contributed by atoms with Crippen molar-refractivity contribution in [1.82, 2.24) is 9.88 Å². The number of hydrogen-bond acceptors (Lipinski definition) is 6. The number of halogens is 4. The zero-order valence-corrected chi connectivity index (χ0v) is 20.6. The summed E-state index contributed by atoms with van der Waals surface area (Å²) in [7, 11) is 1.51. The fraction of sp³-hybridized carbons (Fsp3) is 0.444. The lowest BCUT2D eigenvalue weighted by atomic mass is 9.74. The van der Waals surface area contributed by atoms with Crippen LogP contribution in [0, 0.1) is 28.7 Å². The molecule has 0 spiro atoms. The molecule has 2 aromatic carbocycles. The SMILES string of the molecule is COc1ccc2ncc(F)c([C@@H](O)CCC3(CO)CCN(CCNc4cc(F)c(F)c(F)c4)CC3)c2c1. The third-order valence-corrected chi connectivity index (χ3v) is 7.34. The van der Waals surface area contributed by atoms with Gasteiger partial charge in [-0.3, -0.25) is 4.98 Å². The zero-order valence-electron chi connectivity index (χ0n) is 20.6. The van der Waals surface area contributed by atoms with Crippen LogP contribution in [0.5, 0.6) is 5.75 Å². The number of likely N-dealkylation sites (tertiary alicyclic amines) is 1. The van der Waals surface area contributed by atoms with Crippen molar-refractivity contribution in [3.8, 4) is 5.75 Å². The van der Waals surface area contributed by atoms with Gasteiger partial charge in [-0.15, -0.1) is 0 Å². The fourth-order valence-electron chi connectivity index (χ4n) is 4.97. The van der Waals surface area contributed by atoms with Crippen LogP contribution in [0.4, 0.5) is 23.2 Å². The van der Waals surface area contributed by atoms with Crippen LogP contribution < -0.4 is 10.1 Å². The van der Waals surface area contributed by atoms with E-state index in [-0.39, 0.29) is 24.3 Å². The summed E-state index contributed by atoms with van der Waals surface area (Å²) in [6.45, 7) is 2.34. The molecule has 3 N–H and O–H groups in total. The molecular formula is C27H31F4N3O3. The molecule has 1 aliphatic heterocycles. The van der Waals surface area contributed by atoms with Crippen LogP contribution in [0.15, 0.2) is 36.5 Å². The second kappa shape index (κ2) is 11.6. The Labute approximate surface area is 212 Å². The molecule has 10 heteroatoms. The number of rotatable bonds is 10. The molecule has 0 amide bonds. The lowest BCUT2D eigenvalue weighted by Crippen LogP contribution is -2.43. The average Bonchev–Trinajstić information content (AvgIpc) is 2.90. The Kier molecular flexibility index (Phi) is 8.51. The number of aromatic nitrogens is 1. The summed E-state index contributed by atoms with van der Waals surface area (Å²) < 4.78 is 59.8. The van der Waals surface area contributed by atoms with E-state index in [1.807, 2.05) is 0 Å². The molecule has 0 unspecified atom stereocenters. The maximum atomic E-state index is 14.7. The van der Waals surface area contributed by atoms with Crippen molar-refractivity contribution in [2.24, 2.45) is 5.41 Å². The van der Waals surface area contributed by atoms with Crippen molar-refractivity contribution in [1.29, 1.82) is 0 Å². The molecule has 1 aliphatic rings. The Morgan fingerprint density at radius 1 is 1.08 bits per heavy atom. The Bertz CT molecular complexity index is 1210. The largest absolute Gasteiger partial charge is 0.497 e. The lowest BCUT2D eigenvalue weighted by molar-refractivity contribution is 0.0244. The van der Waals surface area contributed by atoms with Gasteiger partial charge in [-0.25, -0.2) is 17.6 Å². The van der Waals surface area contributed by atoms with Gasteiger partial charge in [0.05, 0.1) is 24.9 Å². The van der Waals surface area contributed by atoms with E-state index in [4.69, 9.17) is 4.74 Å². The van der Waals surface area contributed by atoms with E-state index < -0.39 is 34.8 Å². The molecule has 2 heterocycles. The number of benzene rings is 2. The molecule has 200 valence electrons. The van der Waals surface area contributed by atoms with Gasteiger partial charge >= 0.3 is 0 Å². The van der Waals surface area contributed by atoms with Crippen molar-refractivity contribution < 1.29 is 32.5 Å². The molecule has 0 saturated carbocycles. The van der Waals surface area contributed by atoms with Gasteiger partial charge in [-0.05, 0) is 62.4 Å². The van der Waals surface area contributed by atoms with E-state index in [0.29, 0.717) is 62.1 Å². The van der Waals surface area contributed by atoms with Crippen molar-refractivity contribution in [2.75, 3.05) is 45.2 Å². The number of nitrogens with zero attached hydrogens (tertiary/aromatic N) is 2. The number of anilines is 1. The van der Waals surface area contributed by atoms with E-state index in [9.17, 15) is 27.8 Å². The third-order valence-electron chi connectivity index (χ3n) is 7.34. The minimum Gasteiger partial charge on any atom is -0.497 e. The highest BCUT2D eigenvalue weighted by Crippen LogP contribution is 2.39. The average molecular weight is 522 g/mol. The van der Waals surface area contributed by atoms with E-state index in [1.165, 1.54) is 7.11 Å². The van der Waals surface area contributed by atoms with Crippen LogP contribution in [-0.4, -0.2) is 60.0 Å². The van der Waals surface area contributed by atoms with E-state index in [1.54, 1.807) is 18.2 Å². The number of pyridine rings is 1. The van der Waals surface area contributed by atoms with Crippen molar-refractivity contribution >= 4 is 16.6 Å². The summed E-state index contributed by atoms with van der Waals surface area (Å²) >= 11 is 0. The topological polar surface area (TPSA) is 77.8 Å². The Hall–Kier alpha value is -2.95. The fourth-order valence-corrected chi connectivity index (χ4v) is 4.97. The highest BCUT2D eigenvalue weighted by Gasteiger charge is 2.34. The number of methoxy groups -OCH3 is 1. The van der Waals surface area contributed by atoms with Crippen molar-refractivity contribution in [2.45, 2.75) is 31.8 Å². The molecule has 37 heavy (non-hydrogen) atoms. The van der Waals surface area contributed by atoms with Crippen LogP contribution in [0.2, 0.25) is 0 Å². The van der Waals surface area contributed by atoms with Gasteiger partial charge in [-0.2, -0.15) is 0 Å². The van der Waals surface area contributed by atoms with Gasteiger partial charge < -0.3 is 25.2 Å². The highest BCUT2D eigenvalue weighted by molar-refractivity contribution is 5.84. The third kappa shape index (κ3) is 6.14. The van der Waals surface area contributed by atoms with E-state index >= 15 is 0 Å². The minimum atomic E-state index is -1.49. The quantitative estimate of drug-likeness (QED) is 0.263. The summed E-state index contributed by atoms with van der Waals surface area (Å²) in [5.41, 5.74) is 0.501. The summed E-state index contributed by atoms with van der Waals surface area (Å²) in [5.74, 6) is -4.03. The second-order valence-corrected chi connectivity index (χ2v) is 9.64. The van der Waals surface area contributed by atoms with E-state index in [2.05, 4.69) is 15.2 Å². The highest BCUT2D eigenvalue weighted by atomic mass is 19.2. The molecule has 1 saturated heterocycles. The minimum absolute atomic E-state index is 0.0483. The van der Waals surface area contributed by atoms with E-state index in [0.717, 1.165) is 18.3 Å². The first-order valence-electron chi connectivity index (χ1n) is 12.3. The predicted octanol–water partition coefficient (Wildman–Crippen LogP) is 4.80. The second-order valence-electron chi connectivity index (χ2n) is 9.64. The smallest absolute Gasteiger partial charge is 0.194 e. The van der Waals surface area contributed by atoms with Gasteiger partial charge in [0.1, 0.15) is 11.6 Å². The lowest BCUT2D eigenvalue weighted by Gasteiger charge is -2.41. The Morgan fingerprint density at radius 3 is 2.43 bits per heavy atom. The summed E-state index contributed by atoms with van der Waals surface area (Å²) in [6.07, 6.45) is 2.19. The molecule has 0 bridgehead atoms. The maximum Gasteiger partial charge on any atom is 0.194 e. The molecular weight excluding hydrogens is 490 g/mol. The number of ether oxygens (including phenoxy) is 1. The predicted molar refractivity (Wildman–Crippen MR) is 132 cm³/mol. The Morgan fingerprint density at radius 2 is 1.78 bits per heavy atom. The molecule has 4 rings (SSSR count). The van der Waals surface area contributed by atoms with Gasteiger partial charge in [0.2, 0.25) is 0 Å².